The Morgan fingerprint density at radius 1 is 1.13 bits per heavy atom. The molecule has 0 saturated carbocycles. The summed E-state index contributed by atoms with van der Waals surface area (Å²) in [5.41, 5.74) is 0. The normalized spacial score (nSPS) is 10.0. The van der Waals surface area contributed by atoms with Crippen molar-refractivity contribution in [2.75, 3.05) is 0 Å². The highest BCUT2D eigenvalue weighted by molar-refractivity contribution is 14.1. The van der Waals surface area contributed by atoms with Gasteiger partial charge < -0.3 is 4.74 Å². The maximum absolute atomic E-state index is 13.2. The molecular weight excluding hydrogens is 308 g/mol. The largest absolute Gasteiger partial charge is 0.436 e. The van der Waals surface area contributed by atoms with E-state index in [1.807, 2.05) is 12.1 Å². The molecule has 2 nitrogen and oxygen atoms in total. The van der Waals surface area contributed by atoms with Crippen LogP contribution in [0.5, 0.6) is 11.6 Å². The summed E-state index contributed by atoms with van der Waals surface area (Å²) in [6.07, 6.45) is 1.49. The molecule has 0 aliphatic rings. The number of hydrogen-bond donors (Lipinski definition) is 0. The van der Waals surface area contributed by atoms with Gasteiger partial charge >= 0.3 is 0 Å². The molecule has 0 bridgehead atoms. The lowest BCUT2D eigenvalue weighted by atomic mass is 10.3. The summed E-state index contributed by atoms with van der Waals surface area (Å²) in [5.74, 6) is 0.114. The van der Waals surface area contributed by atoms with Crippen LogP contribution >= 0.6 is 22.6 Å². The molecule has 0 atom stereocenters. The van der Waals surface area contributed by atoms with Gasteiger partial charge in [-0.3, -0.25) is 0 Å². The molecular formula is C11H7FINO. The second-order valence-electron chi connectivity index (χ2n) is 2.85. The Morgan fingerprint density at radius 3 is 2.53 bits per heavy atom. The Kier molecular flexibility index (Phi) is 3.15. The van der Waals surface area contributed by atoms with Gasteiger partial charge in [-0.1, -0.05) is 0 Å². The van der Waals surface area contributed by atoms with Crippen LogP contribution in [0.3, 0.4) is 0 Å². The Labute approximate surface area is 100 Å². The highest BCUT2D eigenvalue weighted by Crippen LogP contribution is 2.22. The summed E-state index contributed by atoms with van der Waals surface area (Å²) in [6, 6.07) is 10.2. The zero-order valence-electron chi connectivity index (χ0n) is 7.65. The third kappa shape index (κ3) is 2.65. The zero-order valence-corrected chi connectivity index (χ0v) is 9.81. The lowest BCUT2D eigenvalue weighted by Crippen LogP contribution is -1.90. The summed E-state index contributed by atoms with van der Waals surface area (Å²) in [6.45, 7) is 0. The molecule has 1 heterocycles. The van der Waals surface area contributed by atoms with Gasteiger partial charge in [0.15, 0.2) is 5.82 Å². The molecule has 0 saturated heterocycles. The number of aromatic nitrogens is 1. The van der Waals surface area contributed by atoms with Gasteiger partial charge in [0.25, 0.3) is 5.88 Å². The van der Waals surface area contributed by atoms with Crippen molar-refractivity contribution in [1.29, 1.82) is 0 Å². The van der Waals surface area contributed by atoms with Crippen LogP contribution in [0, 0.1) is 9.39 Å². The van der Waals surface area contributed by atoms with Gasteiger partial charge in [0.05, 0.1) is 0 Å². The molecule has 0 aliphatic carbocycles. The summed E-state index contributed by atoms with van der Waals surface area (Å²) < 4.78 is 19.5. The first-order valence-electron chi connectivity index (χ1n) is 4.29. The smallest absolute Gasteiger partial charge is 0.255 e. The third-order valence-corrected chi connectivity index (χ3v) is 2.47. The fourth-order valence-electron chi connectivity index (χ4n) is 1.06. The van der Waals surface area contributed by atoms with E-state index in [0.29, 0.717) is 5.75 Å². The zero-order chi connectivity index (χ0) is 10.7. The highest BCUT2D eigenvalue weighted by Gasteiger charge is 2.04. The minimum absolute atomic E-state index is 0.00120. The molecule has 0 amide bonds. The van der Waals surface area contributed by atoms with E-state index in [2.05, 4.69) is 27.6 Å². The molecule has 76 valence electrons. The number of nitrogens with zero attached hydrogens (tertiary/aromatic N) is 1. The Balaban J connectivity index is 2.22. The van der Waals surface area contributed by atoms with E-state index in [-0.39, 0.29) is 5.88 Å². The van der Waals surface area contributed by atoms with Crippen LogP contribution in [0.4, 0.5) is 4.39 Å². The number of ether oxygens (including phenoxy) is 1. The van der Waals surface area contributed by atoms with Gasteiger partial charge in [-0.05, 0) is 59.0 Å². The average Bonchev–Trinajstić information content (AvgIpc) is 2.25. The van der Waals surface area contributed by atoms with Crippen LogP contribution in [0.15, 0.2) is 42.6 Å². The van der Waals surface area contributed by atoms with Crippen molar-refractivity contribution >= 4 is 22.6 Å². The van der Waals surface area contributed by atoms with Crippen LogP contribution in [-0.2, 0) is 0 Å². The number of rotatable bonds is 2. The molecule has 4 heteroatoms. The summed E-state index contributed by atoms with van der Waals surface area (Å²) >= 11 is 2.19. The standard InChI is InChI=1S/C11H7FINO/c12-10-2-1-7-14-11(10)15-9-5-3-8(13)4-6-9/h1-7H. The van der Waals surface area contributed by atoms with E-state index in [1.165, 1.54) is 18.3 Å². The van der Waals surface area contributed by atoms with Gasteiger partial charge in [-0.2, -0.15) is 0 Å². The summed E-state index contributed by atoms with van der Waals surface area (Å²) in [5, 5.41) is 0. The van der Waals surface area contributed by atoms with Crippen molar-refractivity contribution in [2.24, 2.45) is 0 Å². The van der Waals surface area contributed by atoms with E-state index >= 15 is 0 Å². The number of benzene rings is 1. The molecule has 1 aromatic heterocycles. The van der Waals surface area contributed by atoms with Gasteiger partial charge in [-0.25, -0.2) is 9.37 Å². The molecule has 0 fully saturated rings. The van der Waals surface area contributed by atoms with Crippen molar-refractivity contribution in [3.63, 3.8) is 0 Å². The molecule has 0 unspecified atom stereocenters. The van der Waals surface area contributed by atoms with Crippen LogP contribution in [0.2, 0.25) is 0 Å². The summed E-state index contributed by atoms with van der Waals surface area (Å²) in [7, 11) is 0. The van der Waals surface area contributed by atoms with Crippen LogP contribution in [-0.4, -0.2) is 4.98 Å². The second-order valence-corrected chi connectivity index (χ2v) is 4.09. The minimum atomic E-state index is -0.462. The molecule has 0 spiro atoms. The van der Waals surface area contributed by atoms with E-state index in [1.54, 1.807) is 12.1 Å². The van der Waals surface area contributed by atoms with Gasteiger partial charge in [0, 0.05) is 9.77 Å². The molecule has 2 rings (SSSR count). The van der Waals surface area contributed by atoms with Crippen molar-refractivity contribution < 1.29 is 9.13 Å². The van der Waals surface area contributed by atoms with E-state index < -0.39 is 5.82 Å². The number of pyridine rings is 1. The SMILES string of the molecule is Fc1cccnc1Oc1ccc(I)cc1. The highest BCUT2D eigenvalue weighted by atomic mass is 127. The van der Waals surface area contributed by atoms with Crippen molar-refractivity contribution in [1.82, 2.24) is 4.98 Å². The quantitative estimate of drug-likeness (QED) is 0.790. The maximum atomic E-state index is 13.2. The van der Waals surface area contributed by atoms with Crippen LogP contribution < -0.4 is 4.74 Å². The lowest BCUT2D eigenvalue weighted by molar-refractivity contribution is 0.422. The maximum Gasteiger partial charge on any atom is 0.255 e. The predicted octanol–water partition coefficient (Wildman–Crippen LogP) is 3.62. The predicted molar refractivity (Wildman–Crippen MR) is 63.4 cm³/mol. The third-order valence-electron chi connectivity index (χ3n) is 1.75. The fraction of sp³-hybridized carbons (Fsp3) is 0. The first kappa shape index (κ1) is 10.4. The van der Waals surface area contributed by atoms with E-state index in [4.69, 9.17) is 4.74 Å². The van der Waals surface area contributed by atoms with Gasteiger partial charge in [0.2, 0.25) is 0 Å². The lowest BCUT2D eigenvalue weighted by Gasteiger charge is -2.04. The first-order valence-corrected chi connectivity index (χ1v) is 5.37. The number of halogens is 2. The molecule has 1 aromatic carbocycles. The van der Waals surface area contributed by atoms with Crippen LogP contribution in [0.1, 0.15) is 0 Å². The number of hydrogen-bond acceptors (Lipinski definition) is 2. The topological polar surface area (TPSA) is 22.1 Å². The van der Waals surface area contributed by atoms with Crippen LogP contribution in [0.25, 0.3) is 0 Å². The molecule has 0 radical (unpaired) electrons. The first-order chi connectivity index (χ1) is 7.25. The minimum Gasteiger partial charge on any atom is -0.436 e. The van der Waals surface area contributed by atoms with Gasteiger partial charge in [0.1, 0.15) is 5.75 Å². The Bertz CT molecular complexity index is 458. The molecule has 0 aliphatic heterocycles. The average molecular weight is 315 g/mol. The van der Waals surface area contributed by atoms with Crippen molar-refractivity contribution in [3.05, 3.63) is 52.0 Å². The van der Waals surface area contributed by atoms with E-state index in [9.17, 15) is 4.39 Å². The Hall–Kier alpha value is -1.17. The van der Waals surface area contributed by atoms with E-state index in [0.717, 1.165) is 3.57 Å². The van der Waals surface area contributed by atoms with Crippen molar-refractivity contribution in [3.8, 4) is 11.6 Å². The molecule has 15 heavy (non-hydrogen) atoms. The summed E-state index contributed by atoms with van der Waals surface area (Å²) in [4.78, 5) is 3.80. The fourth-order valence-corrected chi connectivity index (χ4v) is 1.42. The Morgan fingerprint density at radius 2 is 1.87 bits per heavy atom. The molecule has 0 N–H and O–H groups in total. The second kappa shape index (κ2) is 4.57. The van der Waals surface area contributed by atoms with Crippen molar-refractivity contribution in [2.45, 2.75) is 0 Å². The molecule has 2 aromatic rings. The van der Waals surface area contributed by atoms with Gasteiger partial charge in [-0.15, -0.1) is 0 Å². The monoisotopic (exact) mass is 315 g/mol.